The van der Waals surface area contributed by atoms with Gasteiger partial charge in [0.25, 0.3) is 0 Å². The summed E-state index contributed by atoms with van der Waals surface area (Å²) in [5.41, 5.74) is 0.794. The third kappa shape index (κ3) is 3.08. The van der Waals surface area contributed by atoms with Crippen molar-refractivity contribution in [1.82, 2.24) is 9.97 Å². The highest BCUT2D eigenvalue weighted by Crippen LogP contribution is 2.25. The molecule has 0 aliphatic carbocycles. The Bertz CT molecular complexity index is 519. The van der Waals surface area contributed by atoms with E-state index in [1.54, 1.807) is 31.6 Å². The number of anilines is 2. The minimum Gasteiger partial charge on any atom is -0.481 e. The molecular formula is C11H9BrClN3O. The van der Waals surface area contributed by atoms with E-state index in [-0.39, 0.29) is 0 Å². The maximum atomic E-state index is 6.04. The molecule has 0 aromatic carbocycles. The Balaban J connectivity index is 2.19. The summed E-state index contributed by atoms with van der Waals surface area (Å²) in [6, 6.07) is 5.37. The molecule has 17 heavy (non-hydrogen) atoms. The summed E-state index contributed by atoms with van der Waals surface area (Å²) >= 11 is 9.33. The number of nitrogens with zero attached hydrogens (tertiary/aromatic N) is 2. The maximum absolute atomic E-state index is 6.04. The summed E-state index contributed by atoms with van der Waals surface area (Å²) in [7, 11) is 1.57. The van der Waals surface area contributed by atoms with Crippen LogP contribution in [0.4, 0.5) is 11.5 Å². The molecule has 0 radical (unpaired) electrons. The number of nitrogens with one attached hydrogen (secondary N) is 1. The Kier molecular flexibility index (Phi) is 3.81. The summed E-state index contributed by atoms with van der Waals surface area (Å²) < 4.78 is 5.81. The van der Waals surface area contributed by atoms with Gasteiger partial charge in [0, 0.05) is 16.7 Å². The van der Waals surface area contributed by atoms with Gasteiger partial charge in [0.05, 0.1) is 24.0 Å². The number of aromatic nitrogens is 2. The fraction of sp³-hybridized carbons (Fsp3) is 0.0909. The van der Waals surface area contributed by atoms with Crippen molar-refractivity contribution >= 4 is 39.0 Å². The van der Waals surface area contributed by atoms with Crippen LogP contribution in [0.2, 0.25) is 5.02 Å². The highest BCUT2D eigenvalue weighted by Gasteiger charge is 2.03. The van der Waals surface area contributed by atoms with Crippen molar-refractivity contribution in [2.45, 2.75) is 0 Å². The smallest absolute Gasteiger partial charge is 0.213 e. The molecule has 0 atom stereocenters. The Morgan fingerprint density at radius 3 is 2.71 bits per heavy atom. The molecule has 88 valence electrons. The van der Waals surface area contributed by atoms with Gasteiger partial charge in [-0.3, -0.25) is 0 Å². The topological polar surface area (TPSA) is 47.0 Å². The number of pyridine rings is 2. The average molecular weight is 315 g/mol. The quantitative estimate of drug-likeness (QED) is 0.939. The summed E-state index contributed by atoms with van der Waals surface area (Å²) in [4.78, 5) is 8.24. The minimum atomic E-state index is 0.537. The fourth-order valence-electron chi connectivity index (χ4n) is 1.22. The molecule has 2 heterocycles. The van der Waals surface area contributed by atoms with E-state index in [4.69, 9.17) is 16.3 Å². The van der Waals surface area contributed by atoms with E-state index in [0.29, 0.717) is 16.7 Å². The van der Waals surface area contributed by atoms with E-state index in [2.05, 4.69) is 31.2 Å². The van der Waals surface area contributed by atoms with Crippen LogP contribution in [0.15, 0.2) is 35.1 Å². The SMILES string of the molecule is COc1ccc(Nc2ncc(Br)cc2Cl)cn1. The minimum absolute atomic E-state index is 0.537. The Morgan fingerprint density at radius 1 is 1.29 bits per heavy atom. The van der Waals surface area contributed by atoms with Crippen LogP contribution in [0.3, 0.4) is 0 Å². The van der Waals surface area contributed by atoms with Gasteiger partial charge in [-0.1, -0.05) is 11.6 Å². The maximum Gasteiger partial charge on any atom is 0.213 e. The van der Waals surface area contributed by atoms with Crippen molar-refractivity contribution in [1.29, 1.82) is 0 Å². The molecule has 0 aliphatic heterocycles. The van der Waals surface area contributed by atoms with E-state index < -0.39 is 0 Å². The van der Waals surface area contributed by atoms with Crippen LogP contribution >= 0.6 is 27.5 Å². The number of methoxy groups -OCH3 is 1. The molecule has 0 fully saturated rings. The van der Waals surface area contributed by atoms with Crippen molar-refractivity contribution in [2.75, 3.05) is 12.4 Å². The number of rotatable bonds is 3. The summed E-state index contributed by atoms with van der Waals surface area (Å²) in [6.45, 7) is 0. The fourth-order valence-corrected chi connectivity index (χ4v) is 1.89. The van der Waals surface area contributed by atoms with Crippen LogP contribution in [-0.2, 0) is 0 Å². The van der Waals surface area contributed by atoms with Crippen molar-refractivity contribution < 1.29 is 4.74 Å². The first kappa shape index (κ1) is 12.1. The Hall–Kier alpha value is -1.33. The highest BCUT2D eigenvalue weighted by molar-refractivity contribution is 9.10. The van der Waals surface area contributed by atoms with Crippen LogP contribution in [0.25, 0.3) is 0 Å². The first-order chi connectivity index (χ1) is 8.19. The molecule has 0 saturated heterocycles. The molecule has 1 N–H and O–H groups in total. The molecular weight excluding hydrogens is 305 g/mol. The standard InChI is InChI=1S/C11H9BrClN3O/c1-17-10-3-2-8(6-14-10)16-11-9(13)4-7(12)5-15-11/h2-6H,1H3,(H,15,16). The molecule has 2 aromatic heterocycles. The zero-order valence-electron chi connectivity index (χ0n) is 8.95. The number of ether oxygens (including phenoxy) is 1. The highest BCUT2D eigenvalue weighted by atomic mass is 79.9. The zero-order chi connectivity index (χ0) is 12.3. The van der Waals surface area contributed by atoms with Gasteiger partial charge >= 0.3 is 0 Å². The number of halogens is 2. The first-order valence-corrected chi connectivity index (χ1v) is 5.94. The molecule has 0 saturated carbocycles. The van der Waals surface area contributed by atoms with Crippen LogP contribution in [0.1, 0.15) is 0 Å². The third-order valence-corrected chi connectivity index (χ3v) is 2.74. The molecule has 6 heteroatoms. The van der Waals surface area contributed by atoms with Crippen molar-refractivity contribution in [3.8, 4) is 5.88 Å². The molecule has 0 bridgehead atoms. The molecule has 0 unspecified atom stereocenters. The molecule has 0 spiro atoms. The lowest BCUT2D eigenvalue weighted by Crippen LogP contribution is -1.95. The second-order valence-electron chi connectivity index (χ2n) is 3.20. The second-order valence-corrected chi connectivity index (χ2v) is 4.52. The summed E-state index contributed by atoms with van der Waals surface area (Å²) in [5.74, 6) is 1.15. The summed E-state index contributed by atoms with van der Waals surface area (Å²) in [6.07, 6.45) is 3.32. The van der Waals surface area contributed by atoms with Gasteiger partial charge in [-0.25, -0.2) is 9.97 Å². The van der Waals surface area contributed by atoms with Crippen LogP contribution < -0.4 is 10.1 Å². The van der Waals surface area contributed by atoms with Gasteiger partial charge in [-0.05, 0) is 28.1 Å². The monoisotopic (exact) mass is 313 g/mol. The van der Waals surface area contributed by atoms with Gasteiger partial charge in [0.1, 0.15) is 5.82 Å². The van der Waals surface area contributed by atoms with Crippen molar-refractivity contribution in [2.24, 2.45) is 0 Å². The molecule has 0 amide bonds. The Morgan fingerprint density at radius 2 is 2.12 bits per heavy atom. The van der Waals surface area contributed by atoms with Crippen LogP contribution in [-0.4, -0.2) is 17.1 Å². The Labute approximate surface area is 112 Å². The van der Waals surface area contributed by atoms with E-state index in [1.165, 1.54) is 0 Å². The van der Waals surface area contributed by atoms with E-state index >= 15 is 0 Å². The van der Waals surface area contributed by atoms with Gasteiger partial charge in [0.2, 0.25) is 5.88 Å². The van der Waals surface area contributed by atoms with E-state index in [0.717, 1.165) is 10.2 Å². The lowest BCUT2D eigenvalue weighted by atomic mass is 10.4. The van der Waals surface area contributed by atoms with Crippen LogP contribution in [0, 0.1) is 0 Å². The normalized spacial score (nSPS) is 10.1. The lowest BCUT2D eigenvalue weighted by molar-refractivity contribution is 0.398. The predicted molar refractivity (Wildman–Crippen MR) is 71.0 cm³/mol. The van der Waals surface area contributed by atoms with Gasteiger partial charge < -0.3 is 10.1 Å². The predicted octanol–water partition coefficient (Wildman–Crippen LogP) is 3.64. The van der Waals surface area contributed by atoms with Crippen molar-refractivity contribution in [3.05, 3.63) is 40.1 Å². The molecule has 2 aromatic rings. The lowest BCUT2D eigenvalue weighted by Gasteiger charge is -2.07. The second kappa shape index (κ2) is 5.33. The van der Waals surface area contributed by atoms with Crippen LogP contribution in [0.5, 0.6) is 5.88 Å². The summed E-state index contributed by atoms with van der Waals surface area (Å²) in [5, 5.41) is 3.61. The third-order valence-electron chi connectivity index (χ3n) is 2.02. The van der Waals surface area contributed by atoms with E-state index in [9.17, 15) is 0 Å². The molecule has 2 rings (SSSR count). The molecule has 0 aliphatic rings. The average Bonchev–Trinajstić information content (AvgIpc) is 2.34. The van der Waals surface area contributed by atoms with Gasteiger partial charge in [-0.15, -0.1) is 0 Å². The number of hydrogen-bond acceptors (Lipinski definition) is 4. The van der Waals surface area contributed by atoms with Gasteiger partial charge in [-0.2, -0.15) is 0 Å². The largest absolute Gasteiger partial charge is 0.481 e. The van der Waals surface area contributed by atoms with Crippen molar-refractivity contribution in [3.63, 3.8) is 0 Å². The zero-order valence-corrected chi connectivity index (χ0v) is 11.3. The van der Waals surface area contributed by atoms with Gasteiger partial charge in [0.15, 0.2) is 0 Å². The molecule has 4 nitrogen and oxygen atoms in total. The first-order valence-electron chi connectivity index (χ1n) is 4.77. The van der Waals surface area contributed by atoms with E-state index in [1.807, 2.05) is 6.07 Å². The number of hydrogen-bond donors (Lipinski definition) is 1.